The summed E-state index contributed by atoms with van der Waals surface area (Å²) in [5, 5.41) is 14.2. The first-order chi connectivity index (χ1) is 15.4. The minimum Gasteiger partial charge on any atom is -0.504 e. The Morgan fingerprint density at radius 3 is 2.75 bits per heavy atom. The summed E-state index contributed by atoms with van der Waals surface area (Å²) >= 11 is 0. The van der Waals surface area contributed by atoms with Crippen molar-refractivity contribution in [2.45, 2.75) is 44.7 Å². The van der Waals surface area contributed by atoms with Crippen molar-refractivity contribution in [3.05, 3.63) is 42.0 Å². The fourth-order valence-electron chi connectivity index (χ4n) is 4.56. The molecule has 1 aromatic carbocycles. The normalized spacial score (nSPS) is 19.8. The lowest BCUT2D eigenvalue weighted by Gasteiger charge is -2.20. The van der Waals surface area contributed by atoms with Crippen molar-refractivity contribution in [2.75, 3.05) is 18.0 Å². The number of aromatic nitrogens is 3. The van der Waals surface area contributed by atoms with Crippen LogP contribution in [0.15, 0.2) is 34.7 Å². The van der Waals surface area contributed by atoms with Crippen LogP contribution in [0.25, 0.3) is 33.4 Å². The number of nitrogens with zero attached hydrogens (tertiary/aromatic N) is 4. The van der Waals surface area contributed by atoms with Gasteiger partial charge in [-0.3, -0.25) is 0 Å². The van der Waals surface area contributed by atoms with Gasteiger partial charge in [0.15, 0.2) is 23.0 Å². The van der Waals surface area contributed by atoms with Gasteiger partial charge in [0.1, 0.15) is 11.3 Å². The second kappa shape index (κ2) is 6.87. The van der Waals surface area contributed by atoms with Crippen LogP contribution in [-0.4, -0.2) is 44.7 Å². The standard InChI is InChI=1S/C24H24FN5O2/c1-13-26-22-19(32-13)11-15(23(31)21(22)25)16-3-4-18-17(27-16)5-6-20(28-18)30-10-7-14(12-30)29-24(2)8-9-24/h3-6,11,14,29,31H,7-10,12H2,1-2H3/t14-/m0/s1. The maximum atomic E-state index is 14.6. The summed E-state index contributed by atoms with van der Waals surface area (Å²) in [4.78, 5) is 15.7. The molecule has 7 nitrogen and oxygen atoms in total. The number of anilines is 1. The lowest BCUT2D eigenvalue weighted by atomic mass is 10.1. The number of aromatic hydroxyl groups is 1. The third-order valence-corrected chi connectivity index (χ3v) is 6.58. The number of phenolic OH excluding ortho intramolecular Hbond substituents is 1. The van der Waals surface area contributed by atoms with E-state index in [-0.39, 0.29) is 16.7 Å². The van der Waals surface area contributed by atoms with Crippen molar-refractivity contribution in [2.24, 2.45) is 0 Å². The minimum atomic E-state index is -0.804. The number of phenols is 1. The quantitative estimate of drug-likeness (QED) is 0.496. The number of rotatable bonds is 4. The number of aryl methyl sites for hydroxylation is 1. The van der Waals surface area contributed by atoms with Crippen molar-refractivity contribution < 1.29 is 13.9 Å². The van der Waals surface area contributed by atoms with E-state index < -0.39 is 11.6 Å². The fourth-order valence-corrected chi connectivity index (χ4v) is 4.56. The molecule has 1 saturated heterocycles. The summed E-state index contributed by atoms with van der Waals surface area (Å²) in [7, 11) is 0. The summed E-state index contributed by atoms with van der Waals surface area (Å²) in [6.07, 6.45) is 3.63. The second-order valence-corrected chi connectivity index (χ2v) is 9.21. The molecule has 8 heteroatoms. The van der Waals surface area contributed by atoms with Crippen LogP contribution in [0.2, 0.25) is 0 Å². The fraction of sp³-hybridized carbons (Fsp3) is 0.375. The molecule has 1 saturated carbocycles. The van der Waals surface area contributed by atoms with Crippen LogP contribution in [-0.2, 0) is 0 Å². The van der Waals surface area contributed by atoms with Gasteiger partial charge in [0.2, 0.25) is 0 Å². The molecule has 1 aliphatic heterocycles. The SMILES string of the molecule is Cc1nc2c(F)c(O)c(-c3ccc4nc(N5CC[C@H](NC6(C)CC6)C5)ccc4n3)cc2o1. The van der Waals surface area contributed by atoms with Gasteiger partial charge < -0.3 is 19.7 Å². The molecule has 32 heavy (non-hydrogen) atoms. The largest absolute Gasteiger partial charge is 0.504 e. The summed E-state index contributed by atoms with van der Waals surface area (Å²) in [5.41, 5.74) is 2.77. The third-order valence-electron chi connectivity index (χ3n) is 6.58. The Bertz CT molecular complexity index is 1360. The van der Waals surface area contributed by atoms with Crippen LogP contribution >= 0.6 is 0 Å². The number of benzene rings is 1. The molecule has 4 aromatic rings. The zero-order valence-corrected chi connectivity index (χ0v) is 18.0. The van der Waals surface area contributed by atoms with E-state index in [0.29, 0.717) is 28.7 Å². The predicted octanol–water partition coefficient (Wildman–Crippen LogP) is 4.31. The summed E-state index contributed by atoms with van der Waals surface area (Å²) in [5.74, 6) is -0.0156. The Balaban J connectivity index is 1.30. The highest BCUT2D eigenvalue weighted by atomic mass is 19.1. The maximum absolute atomic E-state index is 14.6. The highest BCUT2D eigenvalue weighted by Crippen LogP contribution is 2.37. The van der Waals surface area contributed by atoms with Crippen LogP contribution < -0.4 is 10.2 Å². The molecule has 4 heterocycles. The van der Waals surface area contributed by atoms with E-state index >= 15 is 0 Å². The average Bonchev–Trinajstić information content (AvgIpc) is 3.16. The number of oxazole rings is 1. The summed E-state index contributed by atoms with van der Waals surface area (Å²) in [6.45, 7) is 5.85. The molecule has 6 rings (SSSR count). The number of pyridine rings is 2. The molecule has 0 unspecified atom stereocenters. The van der Waals surface area contributed by atoms with Gasteiger partial charge in [-0.25, -0.2) is 19.3 Å². The second-order valence-electron chi connectivity index (χ2n) is 9.21. The van der Waals surface area contributed by atoms with E-state index in [0.717, 1.165) is 30.8 Å². The molecule has 164 valence electrons. The van der Waals surface area contributed by atoms with Gasteiger partial charge in [0, 0.05) is 37.2 Å². The third kappa shape index (κ3) is 3.26. The van der Waals surface area contributed by atoms with Crippen LogP contribution in [0, 0.1) is 12.7 Å². The van der Waals surface area contributed by atoms with Crippen molar-refractivity contribution in [1.82, 2.24) is 20.3 Å². The van der Waals surface area contributed by atoms with Crippen molar-refractivity contribution >= 4 is 28.0 Å². The van der Waals surface area contributed by atoms with E-state index in [1.54, 1.807) is 19.1 Å². The molecule has 1 aliphatic carbocycles. The molecular formula is C24H24FN5O2. The Morgan fingerprint density at radius 1 is 1.16 bits per heavy atom. The van der Waals surface area contributed by atoms with E-state index in [1.165, 1.54) is 12.8 Å². The number of nitrogens with one attached hydrogen (secondary N) is 1. The molecule has 0 spiro atoms. The van der Waals surface area contributed by atoms with Crippen molar-refractivity contribution in [1.29, 1.82) is 0 Å². The smallest absolute Gasteiger partial charge is 0.195 e. The Morgan fingerprint density at radius 2 is 1.94 bits per heavy atom. The Labute approximate surface area is 184 Å². The van der Waals surface area contributed by atoms with Gasteiger partial charge >= 0.3 is 0 Å². The highest BCUT2D eigenvalue weighted by molar-refractivity contribution is 5.87. The maximum Gasteiger partial charge on any atom is 0.195 e. The van der Waals surface area contributed by atoms with Crippen LogP contribution in [0.1, 0.15) is 32.1 Å². The Hall–Kier alpha value is -3.26. The van der Waals surface area contributed by atoms with E-state index in [1.807, 2.05) is 18.2 Å². The molecular weight excluding hydrogens is 409 g/mol. The lowest BCUT2D eigenvalue weighted by Crippen LogP contribution is -2.40. The molecule has 2 N–H and O–H groups in total. The lowest BCUT2D eigenvalue weighted by molar-refractivity contribution is 0.437. The van der Waals surface area contributed by atoms with Crippen molar-refractivity contribution in [3.8, 4) is 17.0 Å². The monoisotopic (exact) mass is 433 g/mol. The van der Waals surface area contributed by atoms with Gasteiger partial charge in [0.05, 0.1) is 16.7 Å². The van der Waals surface area contributed by atoms with Gasteiger partial charge in [-0.1, -0.05) is 0 Å². The molecule has 3 aromatic heterocycles. The average molecular weight is 433 g/mol. The summed E-state index contributed by atoms with van der Waals surface area (Å²) < 4.78 is 20.1. The topological polar surface area (TPSA) is 87.3 Å². The van der Waals surface area contributed by atoms with Gasteiger partial charge in [-0.15, -0.1) is 0 Å². The van der Waals surface area contributed by atoms with E-state index in [9.17, 15) is 9.50 Å². The zero-order chi connectivity index (χ0) is 22.0. The summed E-state index contributed by atoms with van der Waals surface area (Å²) in [6, 6.07) is 9.56. The number of hydrogen-bond donors (Lipinski definition) is 2. The van der Waals surface area contributed by atoms with Gasteiger partial charge in [0.25, 0.3) is 0 Å². The van der Waals surface area contributed by atoms with E-state index in [2.05, 4.69) is 27.1 Å². The molecule has 0 amide bonds. The van der Waals surface area contributed by atoms with Crippen LogP contribution in [0.3, 0.4) is 0 Å². The van der Waals surface area contributed by atoms with Gasteiger partial charge in [-0.05, 0) is 56.5 Å². The first-order valence-electron chi connectivity index (χ1n) is 11.0. The first-order valence-corrected chi connectivity index (χ1v) is 11.0. The van der Waals surface area contributed by atoms with Gasteiger partial charge in [-0.2, -0.15) is 0 Å². The number of halogens is 1. The first kappa shape index (κ1) is 19.4. The molecule has 0 bridgehead atoms. The minimum absolute atomic E-state index is 0.0185. The molecule has 0 radical (unpaired) electrons. The van der Waals surface area contributed by atoms with Crippen LogP contribution in [0.4, 0.5) is 10.2 Å². The predicted molar refractivity (Wildman–Crippen MR) is 120 cm³/mol. The molecule has 2 fully saturated rings. The molecule has 2 aliphatic rings. The Kier molecular flexibility index (Phi) is 4.17. The number of fused-ring (bicyclic) bond motifs is 2. The number of hydrogen-bond acceptors (Lipinski definition) is 7. The van der Waals surface area contributed by atoms with Crippen molar-refractivity contribution in [3.63, 3.8) is 0 Å². The van der Waals surface area contributed by atoms with Crippen LogP contribution in [0.5, 0.6) is 5.75 Å². The highest BCUT2D eigenvalue weighted by Gasteiger charge is 2.40. The molecule has 1 atom stereocenters. The van der Waals surface area contributed by atoms with E-state index in [4.69, 9.17) is 9.40 Å². The zero-order valence-electron chi connectivity index (χ0n) is 18.0.